The minimum absolute atomic E-state index is 0.0167. The number of ether oxygens (including phenoxy) is 1. The summed E-state index contributed by atoms with van der Waals surface area (Å²) in [4.78, 5) is 6.79. The fraction of sp³-hybridized carbons (Fsp3) is 0.400. The first-order chi connectivity index (χ1) is 9.09. The molecule has 19 heavy (non-hydrogen) atoms. The highest BCUT2D eigenvalue weighted by Gasteiger charge is 2.31. The third kappa shape index (κ3) is 2.02. The van der Waals surface area contributed by atoms with Gasteiger partial charge >= 0.3 is 0 Å². The molecule has 0 unspecified atom stereocenters. The molecule has 2 N–H and O–H groups in total. The zero-order valence-electron chi connectivity index (χ0n) is 11.4. The number of benzene rings is 1. The van der Waals surface area contributed by atoms with Gasteiger partial charge in [0.05, 0.1) is 30.0 Å². The summed E-state index contributed by atoms with van der Waals surface area (Å²) in [5.74, 6) is 0. The molecule has 1 aromatic heterocycles. The highest BCUT2D eigenvalue weighted by molar-refractivity contribution is 5.98. The van der Waals surface area contributed by atoms with Crippen molar-refractivity contribution < 1.29 is 4.74 Å². The van der Waals surface area contributed by atoms with E-state index in [0.29, 0.717) is 0 Å². The van der Waals surface area contributed by atoms with E-state index in [1.54, 1.807) is 6.20 Å². The number of hydrogen-bond donors (Lipinski definition) is 1. The van der Waals surface area contributed by atoms with Crippen molar-refractivity contribution in [2.24, 2.45) is 0 Å². The molecule has 1 saturated heterocycles. The molecule has 2 aromatic rings. The topological polar surface area (TPSA) is 51.4 Å². The van der Waals surface area contributed by atoms with Crippen LogP contribution >= 0.6 is 0 Å². The molecule has 0 radical (unpaired) electrons. The molecule has 0 aliphatic carbocycles. The Labute approximate surface area is 113 Å². The molecule has 0 amide bonds. The van der Waals surface area contributed by atoms with Crippen LogP contribution in [0.15, 0.2) is 30.5 Å². The molecule has 100 valence electrons. The Hall–Kier alpha value is -1.81. The Morgan fingerprint density at radius 1 is 1.32 bits per heavy atom. The van der Waals surface area contributed by atoms with E-state index in [1.165, 1.54) is 5.69 Å². The van der Waals surface area contributed by atoms with Crippen molar-refractivity contribution in [3.05, 3.63) is 30.5 Å². The lowest BCUT2D eigenvalue weighted by atomic mass is 9.99. The minimum atomic E-state index is -0.0167. The van der Waals surface area contributed by atoms with Gasteiger partial charge in [-0.25, -0.2) is 0 Å². The number of anilines is 2. The summed E-state index contributed by atoms with van der Waals surface area (Å²) in [5, 5.41) is 1.11. The van der Waals surface area contributed by atoms with Crippen LogP contribution in [0.25, 0.3) is 10.9 Å². The number of fused-ring (bicyclic) bond motifs is 1. The minimum Gasteiger partial charge on any atom is -0.397 e. The first kappa shape index (κ1) is 12.2. The molecule has 0 bridgehead atoms. The van der Waals surface area contributed by atoms with Crippen molar-refractivity contribution in [2.75, 3.05) is 30.4 Å². The van der Waals surface area contributed by atoms with Gasteiger partial charge in [0.1, 0.15) is 0 Å². The summed E-state index contributed by atoms with van der Waals surface area (Å²) < 4.78 is 5.59. The van der Waals surface area contributed by atoms with Gasteiger partial charge in [0, 0.05) is 23.8 Å². The van der Waals surface area contributed by atoms with Crippen molar-refractivity contribution in [3.8, 4) is 0 Å². The molecule has 3 rings (SSSR count). The summed E-state index contributed by atoms with van der Waals surface area (Å²) in [6, 6.07) is 8.07. The number of nitrogen functional groups attached to an aromatic ring is 1. The van der Waals surface area contributed by atoms with Crippen LogP contribution in [0.4, 0.5) is 11.4 Å². The van der Waals surface area contributed by atoms with Gasteiger partial charge in [0.25, 0.3) is 0 Å². The van der Waals surface area contributed by atoms with Gasteiger partial charge < -0.3 is 15.4 Å². The zero-order valence-corrected chi connectivity index (χ0v) is 11.4. The van der Waals surface area contributed by atoms with Crippen molar-refractivity contribution in [1.82, 2.24) is 4.98 Å². The molecule has 1 aliphatic rings. The number of pyridine rings is 1. The maximum atomic E-state index is 6.02. The second-order valence-electron chi connectivity index (χ2n) is 5.59. The zero-order chi connectivity index (χ0) is 13.5. The van der Waals surface area contributed by atoms with E-state index in [4.69, 9.17) is 10.5 Å². The van der Waals surface area contributed by atoms with Gasteiger partial charge in [-0.1, -0.05) is 0 Å². The van der Waals surface area contributed by atoms with Crippen LogP contribution in [0.2, 0.25) is 0 Å². The van der Waals surface area contributed by atoms with E-state index in [-0.39, 0.29) is 5.54 Å². The molecule has 1 fully saturated rings. The van der Waals surface area contributed by atoms with Crippen molar-refractivity contribution in [3.63, 3.8) is 0 Å². The molecule has 1 aromatic carbocycles. The lowest BCUT2D eigenvalue weighted by Crippen LogP contribution is -2.53. The van der Waals surface area contributed by atoms with Crippen LogP contribution < -0.4 is 10.6 Å². The number of nitrogens with two attached hydrogens (primary N) is 1. The van der Waals surface area contributed by atoms with E-state index in [9.17, 15) is 0 Å². The first-order valence-corrected chi connectivity index (χ1v) is 6.58. The number of hydrogen-bond acceptors (Lipinski definition) is 4. The molecule has 0 atom stereocenters. The number of morpholine rings is 1. The summed E-state index contributed by atoms with van der Waals surface area (Å²) in [6.45, 7) is 6.78. The quantitative estimate of drug-likeness (QED) is 0.797. The van der Waals surface area contributed by atoms with Crippen molar-refractivity contribution in [2.45, 2.75) is 19.4 Å². The van der Waals surface area contributed by atoms with Crippen LogP contribution in [0.5, 0.6) is 0 Å². The lowest BCUT2D eigenvalue weighted by molar-refractivity contribution is 0.0646. The van der Waals surface area contributed by atoms with Crippen LogP contribution in [0.1, 0.15) is 13.8 Å². The summed E-state index contributed by atoms with van der Waals surface area (Å²) in [5.41, 5.74) is 8.79. The number of aromatic nitrogens is 1. The highest BCUT2D eigenvalue weighted by atomic mass is 16.5. The predicted octanol–water partition coefficient (Wildman–Crippen LogP) is 2.43. The largest absolute Gasteiger partial charge is 0.397 e. The third-order valence-electron chi connectivity index (χ3n) is 3.71. The van der Waals surface area contributed by atoms with Gasteiger partial charge in [0.2, 0.25) is 0 Å². The Morgan fingerprint density at radius 3 is 2.95 bits per heavy atom. The summed E-state index contributed by atoms with van der Waals surface area (Å²) >= 11 is 0. The molecule has 2 heterocycles. The second-order valence-corrected chi connectivity index (χ2v) is 5.59. The average molecular weight is 257 g/mol. The standard InChI is InChI=1S/C15H19N3O/c1-15(2)10-19-9-8-18(15)13-6-5-12(16)14-11(13)4-3-7-17-14/h3-7H,8-10,16H2,1-2H3. The Bertz CT molecular complexity index is 609. The summed E-state index contributed by atoms with van der Waals surface area (Å²) in [6.07, 6.45) is 1.78. The maximum Gasteiger partial charge on any atom is 0.0951 e. The Balaban J connectivity index is 2.17. The molecule has 4 heteroatoms. The Kier molecular flexibility index (Phi) is 2.82. The smallest absolute Gasteiger partial charge is 0.0951 e. The normalized spacial score (nSPS) is 18.7. The molecule has 0 saturated carbocycles. The van der Waals surface area contributed by atoms with Crippen molar-refractivity contribution >= 4 is 22.3 Å². The van der Waals surface area contributed by atoms with Gasteiger partial charge in [-0.2, -0.15) is 0 Å². The first-order valence-electron chi connectivity index (χ1n) is 6.58. The Morgan fingerprint density at radius 2 is 2.16 bits per heavy atom. The molecule has 1 aliphatic heterocycles. The van der Waals surface area contributed by atoms with Crippen molar-refractivity contribution in [1.29, 1.82) is 0 Å². The number of nitrogens with zero attached hydrogens (tertiary/aromatic N) is 2. The van der Waals surface area contributed by atoms with E-state index < -0.39 is 0 Å². The van der Waals surface area contributed by atoms with Crippen LogP contribution in [-0.2, 0) is 4.74 Å². The van der Waals surface area contributed by atoms with Crippen LogP contribution in [0.3, 0.4) is 0 Å². The van der Waals surface area contributed by atoms with E-state index >= 15 is 0 Å². The second kappa shape index (κ2) is 4.38. The van der Waals surface area contributed by atoms with E-state index in [1.807, 2.05) is 12.1 Å². The summed E-state index contributed by atoms with van der Waals surface area (Å²) in [7, 11) is 0. The maximum absolute atomic E-state index is 6.02. The fourth-order valence-electron chi connectivity index (χ4n) is 2.72. The monoisotopic (exact) mass is 257 g/mol. The average Bonchev–Trinajstić information content (AvgIpc) is 2.40. The van der Waals surface area contributed by atoms with Gasteiger partial charge in [-0.15, -0.1) is 0 Å². The number of rotatable bonds is 1. The third-order valence-corrected chi connectivity index (χ3v) is 3.71. The molecular formula is C15H19N3O. The van der Waals surface area contributed by atoms with Gasteiger partial charge in [-0.3, -0.25) is 4.98 Å². The molecular weight excluding hydrogens is 238 g/mol. The predicted molar refractivity (Wildman–Crippen MR) is 78.4 cm³/mol. The van der Waals surface area contributed by atoms with Gasteiger partial charge in [0.15, 0.2) is 0 Å². The fourth-order valence-corrected chi connectivity index (χ4v) is 2.72. The SMILES string of the molecule is CC1(C)COCCN1c1ccc(N)c2ncccc12. The van der Waals surface area contributed by atoms with E-state index in [0.717, 1.165) is 36.3 Å². The lowest BCUT2D eigenvalue weighted by Gasteiger charge is -2.44. The highest BCUT2D eigenvalue weighted by Crippen LogP contribution is 2.34. The van der Waals surface area contributed by atoms with Gasteiger partial charge in [-0.05, 0) is 38.1 Å². The van der Waals surface area contributed by atoms with Crippen LogP contribution in [0, 0.1) is 0 Å². The van der Waals surface area contributed by atoms with Crippen LogP contribution in [-0.4, -0.2) is 30.3 Å². The molecule has 0 spiro atoms. The van der Waals surface area contributed by atoms with E-state index in [2.05, 4.69) is 35.9 Å². The molecule has 4 nitrogen and oxygen atoms in total.